The highest BCUT2D eigenvalue weighted by Crippen LogP contribution is 2.45. The lowest BCUT2D eigenvalue weighted by molar-refractivity contribution is -0.121. The second kappa shape index (κ2) is 13.6. The third-order valence-corrected chi connectivity index (χ3v) is 8.01. The molecule has 0 saturated heterocycles. The quantitative estimate of drug-likeness (QED) is 0.169. The summed E-state index contributed by atoms with van der Waals surface area (Å²) in [5, 5.41) is 1.18. The molecule has 1 fully saturated rings. The van der Waals surface area contributed by atoms with Crippen LogP contribution in [0.2, 0.25) is 0 Å². The Hall–Kier alpha value is -3.08. The number of benzene rings is 2. The topological polar surface area (TPSA) is 57.5 Å². The van der Waals surface area contributed by atoms with Gasteiger partial charge < -0.3 is 14.0 Å². The van der Waals surface area contributed by atoms with Gasteiger partial charge in [-0.1, -0.05) is 76.5 Å². The van der Waals surface area contributed by atoms with E-state index in [9.17, 15) is 9.59 Å². The highest BCUT2D eigenvalue weighted by molar-refractivity contribution is 5.99. The molecule has 204 valence electrons. The number of fused-ring (bicyclic) bond motifs is 1. The van der Waals surface area contributed by atoms with Crippen LogP contribution in [0.5, 0.6) is 5.75 Å². The predicted molar refractivity (Wildman–Crippen MR) is 154 cm³/mol. The van der Waals surface area contributed by atoms with Gasteiger partial charge in [0.1, 0.15) is 12.4 Å². The number of methoxy groups -OCH3 is 1. The Morgan fingerprint density at radius 1 is 0.947 bits per heavy atom. The van der Waals surface area contributed by atoms with Gasteiger partial charge in [0.05, 0.1) is 18.4 Å². The smallest absolute Gasteiger partial charge is 0.337 e. The lowest BCUT2D eigenvalue weighted by Crippen LogP contribution is -2.12. The molecule has 5 nitrogen and oxygen atoms in total. The van der Waals surface area contributed by atoms with E-state index in [-0.39, 0.29) is 18.4 Å². The average Bonchev–Trinajstić information content (AvgIpc) is 3.25. The lowest BCUT2D eigenvalue weighted by Gasteiger charge is -2.24. The molecule has 0 unspecified atom stereocenters. The van der Waals surface area contributed by atoms with E-state index in [0.29, 0.717) is 17.9 Å². The number of carbonyl (C=O) groups is 2. The molecule has 1 aliphatic carbocycles. The van der Waals surface area contributed by atoms with E-state index in [2.05, 4.69) is 30.7 Å². The van der Waals surface area contributed by atoms with E-state index < -0.39 is 0 Å². The molecule has 1 aliphatic rings. The van der Waals surface area contributed by atoms with E-state index in [1.807, 2.05) is 30.3 Å². The number of hydrogen-bond donors (Lipinski definition) is 0. The van der Waals surface area contributed by atoms with Crippen molar-refractivity contribution in [1.29, 1.82) is 0 Å². The summed E-state index contributed by atoms with van der Waals surface area (Å²) in [6.07, 6.45) is 13.6. The van der Waals surface area contributed by atoms with Gasteiger partial charge in [0.25, 0.3) is 0 Å². The number of hydrogen-bond acceptors (Lipinski definition) is 4. The van der Waals surface area contributed by atoms with E-state index >= 15 is 0 Å². The van der Waals surface area contributed by atoms with E-state index in [4.69, 9.17) is 9.47 Å². The largest absolute Gasteiger partial charge is 0.485 e. The van der Waals surface area contributed by atoms with Crippen LogP contribution < -0.4 is 4.74 Å². The SMILES string of the molecule is CCCCCCCCC(=O)COc1ccccc1-c1c(C2CCCCC2)c2ccc(C(=O)OC)cc2n1C. The fourth-order valence-electron chi connectivity index (χ4n) is 5.96. The number of ketones is 1. The average molecular weight is 518 g/mol. The zero-order valence-corrected chi connectivity index (χ0v) is 23.4. The number of carbonyl (C=O) groups excluding carboxylic acids is 2. The van der Waals surface area contributed by atoms with Gasteiger partial charge in [0, 0.05) is 29.9 Å². The van der Waals surface area contributed by atoms with Crippen molar-refractivity contribution >= 4 is 22.7 Å². The maximum atomic E-state index is 12.6. The summed E-state index contributed by atoms with van der Waals surface area (Å²) in [6, 6.07) is 13.9. The van der Waals surface area contributed by atoms with Gasteiger partial charge in [-0.3, -0.25) is 4.79 Å². The highest BCUT2D eigenvalue weighted by atomic mass is 16.5. The first-order valence-corrected chi connectivity index (χ1v) is 14.5. The molecule has 0 aliphatic heterocycles. The molecule has 5 heteroatoms. The lowest BCUT2D eigenvalue weighted by atomic mass is 9.81. The molecule has 0 radical (unpaired) electrons. The number of unbranched alkanes of at least 4 members (excludes halogenated alkanes) is 5. The molecular formula is C33H43NO4. The van der Waals surface area contributed by atoms with Crippen LogP contribution in [0, 0.1) is 0 Å². The normalized spacial score (nSPS) is 14.1. The summed E-state index contributed by atoms with van der Waals surface area (Å²) >= 11 is 0. The molecule has 2 aromatic carbocycles. The molecule has 1 saturated carbocycles. The zero-order valence-electron chi connectivity index (χ0n) is 23.4. The van der Waals surface area contributed by atoms with E-state index in [0.717, 1.165) is 48.2 Å². The molecule has 38 heavy (non-hydrogen) atoms. The summed E-state index contributed by atoms with van der Waals surface area (Å²) in [6.45, 7) is 2.32. The minimum atomic E-state index is -0.332. The second-order valence-corrected chi connectivity index (χ2v) is 10.7. The zero-order chi connectivity index (χ0) is 26.9. The maximum absolute atomic E-state index is 12.6. The standard InChI is InChI=1S/C33H43NO4/c1-4-5-6-7-8-12-17-26(35)23-38-30-19-14-13-18-28(30)32-31(24-15-10-9-11-16-24)27-21-20-25(33(36)37-3)22-29(27)34(32)2/h13-14,18-22,24H,4-12,15-17,23H2,1-3H3. The fraction of sp³-hybridized carbons (Fsp3) is 0.515. The first-order valence-electron chi connectivity index (χ1n) is 14.5. The fourth-order valence-corrected chi connectivity index (χ4v) is 5.96. The predicted octanol–water partition coefficient (Wildman–Crippen LogP) is 8.38. The number of aryl methyl sites for hydroxylation is 1. The molecule has 1 heterocycles. The molecule has 0 amide bonds. The monoisotopic (exact) mass is 517 g/mol. The summed E-state index contributed by atoms with van der Waals surface area (Å²) < 4.78 is 13.4. The second-order valence-electron chi connectivity index (χ2n) is 10.7. The van der Waals surface area contributed by atoms with Crippen molar-refractivity contribution in [2.75, 3.05) is 13.7 Å². The molecule has 0 bridgehead atoms. The van der Waals surface area contributed by atoms with Crippen molar-refractivity contribution < 1.29 is 19.1 Å². The Morgan fingerprint density at radius 3 is 2.45 bits per heavy atom. The van der Waals surface area contributed by atoms with Crippen molar-refractivity contribution in [1.82, 2.24) is 4.57 Å². The van der Waals surface area contributed by atoms with Crippen LogP contribution in [-0.4, -0.2) is 30.0 Å². The van der Waals surface area contributed by atoms with Gasteiger partial charge in [-0.15, -0.1) is 0 Å². The van der Waals surface area contributed by atoms with Crippen LogP contribution in [0.4, 0.5) is 0 Å². The highest BCUT2D eigenvalue weighted by Gasteiger charge is 2.27. The van der Waals surface area contributed by atoms with Crippen LogP contribution in [0.3, 0.4) is 0 Å². The molecule has 4 rings (SSSR count). The molecule has 0 N–H and O–H groups in total. The molecule has 0 spiro atoms. The third-order valence-electron chi connectivity index (χ3n) is 8.01. The minimum Gasteiger partial charge on any atom is -0.485 e. The number of para-hydroxylation sites is 1. The number of nitrogens with zero attached hydrogens (tertiary/aromatic N) is 1. The molecule has 3 aromatic rings. The van der Waals surface area contributed by atoms with Crippen LogP contribution >= 0.6 is 0 Å². The van der Waals surface area contributed by atoms with Crippen molar-refractivity contribution in [3.63, 3.8) is 0 Å². The number of Topliss-reactive ketones (excluding diaryl/α,β-unsaturated/α-hetero) is 1. The maximum Gasteiger partial charge on any atom is 0.337 e. The Morgan fingerprint density at radius 2 is 1.68 bits per heavy atom. The van der Waals surface area contributed by atoms with Gasteiger partial charge in [-0.05, 0) is 55.0 Å². The Kier molecular flexibility index (Phi) is 10.0. The van der Waals surface area contributed by atoms with Gasteiger partial charge >= 0.3 is 5.97 Å². The number of esters is 1. The number of rotatable bonds is 13. The summed E-state index contributed by atoms with van der Waals surface area (Å²) in [7, 11) is 3.48. The number of aromatic nitrogens is 1. The van der Waals surface area contributed by atoms with Crippen molar-refractivity contribution in [3.8, 4) is 17.0 Å². The van der Waals surface area contributed by atoms with Crippen molar-refractivity contribution in [3.05, 3.63) is 53.6 Å². The summed E-state index contributed by atoms with van der Waals surface area (Å²) in [5.41, 5.74) is 5.00. The first-order chi connectivity index (χ1) is 18.5. The van der Waals surface area contributed by atoms with E-state index in [1.165, 1.54) is 63.0 Å². The number of ether oxygens (including phenoxy) is 2. The summed E-state index contributed by atoms with van der Waals surface area (Å²) in [5.74, 6) is 1.01. The van der Waals surface area contributed by atoms with Crippen LogP contribution in [0.25, 0.3) is 22.2 Å². The van der Waals surface area contributed by atoms with E-state index in [1.54, 1.807) is 0 Å². The van der Waals surface area contributed by atoms with Gasteiger partial charge in [0.2, 0.25) is 0 Å². The van der Waals surface area contributed by atoms with Gasteiger partial charge in [-0.25, -0.2) is 4.79 Å². The molecule has 1 aromatic heterocycles. The van der Waals surface area contributed by atoms with Crippen LogP contribution in [-0.2, 0) is 16.6 Å². The Labute approximate surface area is 227 Å². The Bertz CT molecular complexity index is 1240. The van der Waals surface area contributed by atoms with Crippen LogP contribution in [0.1, 0.15) is 106 Å². The first kappa shape index (κ1) is 27.9. The van der Waals surface area contributed by atoms with Crippen LogP contribution in [0.15, 0.2) is 42.5 Å². The Balaban J connectivity index is 1.62. The third kappa shape index (κ3) is 6.48. The van der Waals surface area contributed by atoms with Crippen molar-refractivity contribution in [2.45, 2.75) is 89.9 Å². The van der Waals surface area contributed by atoms with Gasteiger partial charge in [-0.2, -0.15) is 0 Å². The minimum absolute atomic E-state index is 0.0984. The van der Waals surface area contributed by atoms with Crippen molar-refractivity contribution in [2.24, 2.45) is 7.05 Å². The molecule has 0 atom stereocenters. The summed E-state index contributed by atoms with van der Waals surface area (Å²) in [4.78, 5) is 24.9. The van der Waals surface area contributed by atoms with Gasteiger partial charge in [0.15, 0.2) is 5.78 Å². The molecular weight excluding hydrogens is 474 g/mol.